The Kier molecular flexibility index (Phi) is 6.36. The molecule has 3 aromatic rings. The standard InChI is InChI=1S/C22H26N2O5S/c1-5-12-28-18-9-7-8-15(6-2)21(18)30(26,27)23-22(25)20-13-16-10-11-17(24(3)4)14-19(16)29-20/h7-11,13-14H,5-6,12H2,1-4H3,(H,23,25). The van der Waals surface area contributed by atoms with E-state index in [1.807, 2.05) is 45.0 Å². The molecule has 0 aliphatic carbocycles. The summed E-state index contributed by atoms with van der Waals surface area (Å²) in [5.74, 6) is -0.670. The van der Waals surface area contributed by atoms with Gasteiger partial charge < -0.3 is 14.1 Å². The highest BCUT2D eigenvalue weighted by Gasteiger charge is 2.27. The zero-order valence-electron chi connectivity index (χ0n) is 17.6. The summed E-state index contributed by atoms with van der Waals surface area (Å²) in [5, 5.41) is 0.712. The van der Waals surface area contributed by atoms with Crippen molar-refractivity contribution in [1.82, 2.24) is 4.72 Å². The molecule has 1 amide bonds. The Labute approximate surface area is 176 Å². The molecule has 0 saturated heterocycles. The molecular weight excluding hydrogens is 404 g/mol. The molecule has 8 heteroatoms. The zero-order valence-corrected chi connectivity index (χ0v) is 18.4. The van der Waals surface area contributed by atoms with Gasteiger partial charge in [-0.25, -0.2) is 13.1 Å². The minimum Gasteiger partial charge on any atom is -0.492 e. The van der Waals surface area contributed by atoms with E-state index in [1.165, 1.54) is 6.07 Å². The van der Waals surface area contributed by atoms with E-state index < -0.39 is 15.9 Å². The summed E-state index contributed by atoms with van der Waals surface area (Å²) in [6.07, 6.45) is 1.21. The third kappa shape index (κ3) is 4.43. The Hall–Kier alpha value is -3.00. The van der Waals surface area contributed by atoms with Crippen molar-refractivity contribution in [3.05, 3.63) is 53.8 Å². The summed E-state index contributed by atoms with van der Waals surface area (Å²) >= 11 is 0. The minimum atomic E-state index is -4.16. The number of sulfonamides is 1. The summed E-state index contributed by atoms with van der Waals surface area (Å²) in [4.78, 5) is 14.6. The van der Waals surface area contributed by atoms with E-state index in [4.69, 9.17) is 9.15 Å². The third-order valence-corrected chi connectivity index (χ3v) is 6.10. The summed E-state index contributed by atoms with van der Waals surface area (Å²) < 4.78 is 39.5. The summed E-state index contributed by atoms with van der Waals surface area (Å²) in [7, 11) is -0.370. The van der Waals surface area contributed by atoms with E-state index in [0.717, 1.165) is 12.1 Å². The maximum Gasteiger partial charge on any atom is 0.300 e. The molecule has 1 heterocycles. The SMILES string of the molecule is CCCOc1cccc(CC)c1S(=O)(=O)NC(=O)c1cc2ccc(N(C)C)cc2o1. The first-order valence-electron chi connectivity index (χ1n) is 9.79. The fraction of sp³-hybridized carbons (Fsp3) is 0.318. The molecule has 30 heavy (non-hydrogen) atoms. The number of furan rings is 1. The van der Waals surface area contributed by atoms with E-state index in [0.29, 0.717) is 29.6 Å². The van der Waals surface area contributed by atoms with E-state index in [1.54, 1.807) is 24.3 Å². The Bertz CT molecular complexity index is 1170. The molecule has 160 valence electrons. The number of benzene rings is 2. The van der Waals surface area contributed by atoms with Crippen LogP contribution in [0.15, 0.2) is 51.8 Å². The van der Waals surface area contributed by atoms with Crippen molar-refractivity contribution in [2.45, 2.75) is 31.6 Å². The highest BCUT2D eigenvalue weighted by Crippen LogP contribution is 2.29. The smallest absolute Gasteiger partial charge is 0.300 e. The van der Waals surface area contributed by atoms with Gasteiger partial charge in [0, 0.05) is 31.2 Å². The number of aryl methyl sites for hydroxylation is 1. The van der Waals surface area contributed by atoms with Crippen LogP contribution in [0, 0.1) is 0 Å². The molecule has 1 aromatic heterocycles. The van der Waals surface area contributed by atoms with E-state index in [-0.39, 0.29) is 16.4 Å². The van der Waals surface area contributed by atoms with Crippen LogP contribution in [-0.4, -0.2) is 35.0 Å². The number of nitrogens with zero attached hydrogens (tertiary/aromatic N) is 1. The Morgan fingerprint density at radius 3 is 2.57 bits per heavy atom. The van der Waals surface area contributed by atoms with Crippen LogP contribution in [0.25, 0.3) is 11.0 Å². The van der Waals surface area contributed by atoms with Gasteiger partial charge in [0.15, 0.2) is 5.76 Å². The van der Waals surface area contributed by atoms with Crippen molar-refractivity contribution in [3.8, 4) is 5.75 Å². The monoisotopic (exact) mass is 430 g/mol. The van der Waals surface area contributed by atoms with Crippen LogP contribution in [0.2, 0.25) is 0 Å². The van der Waals surface area contributed by atoms with Crippen molar-refractivity contribution in [2.24, 2.45) is 0 Å². The average Bonchev–Trinajstić information content (AvgIpc) is 3.15. The second-order valence-electron chi connectivity index (χ2n) is 7.11. The van der Waals surface area contributed by atoms with Gasteiger partial charge in [0.25, 0.3) is 10.0 Å². The molecule has 3 rings (SSSR count). The number of rotatable bonds is 8. The molecule has 1 N–H and O–H groups in total. The van der Waals surface area contributed by atoms with Crippen LogP contribution in [0.4, 0.5) is 5.69 Å². The van der Waals surface area contributed by atoms with E-state index in [2.05, 4.69) is 4.72 Å². The average molecular weight is 431 g/mol. The van der Waals surface area contributed by atoms with Gasteiger partial charge in [-0.15, -0.1) is 0 Å². The molecular formula is C22H26N2O5S. The van der Waals surface area contributed by atoms with Gasteiger partial charge in [0.1, 0.15) is 16.2 Å². The second kappa shape index (κ2) is 8.79. The number of ether oxygens (including phenoxy) is 1. The minimum absolute atomic E-state index is 0.0136. The summed E-state index contributed by atoms with van der Waals surface area (Å²) in [6.45, 7) is 4.16. The fourth-order valence-electron chi connectivity index (χ4n) is 3.10. The maximum atomic E-state index is 13.1. The Balaban J connectivity index is 1.94. The molecule has 2 aromatic carbocycles. The molecule has 0 radical (unpaired) electrons. The van der Waals surface area contributed by atoms with Crippen LogP contribution < -0.4 is 14.4 Å². The first-order chi connectivity index (χ1) is 14.3. The lowest BCUT2D eigenvalue weighted by Gasteiger charge is -2.15. The second-order valence-corrected chi connectivity index (χ2v) is 8.73. The molecule has 0 atom stereocenters. The van der Waals surface area contributed by atoms with Gasteiger partial charge in [-0.2, -0.15) is 0 Å². The Morgan fingerprint density at radius 1 is 1.13 bits per heavy atom. The van der Waals surface area contributed by atoms with Crippen molar-refractivity contribution < 1.29 is 22.4 Å². The molecule has 0 saturated carbocycles. The lowest BCUT2D eigenvalue weighted by Crippen LogP contribution is -2.31. The van der Waals surface area contributed by atoms with Crippen LogP contribution in [-0.2, 0) is 16.4 Å². The number of fused-ring (bicyclic) bond motifs is 1. The molecule has 0 unspecified atom stereocenters. The van der Waals surface area contributed by atoms with Crippen molar-refractivity contribution >= 4 is 32.6 Å². The normalized spacial score (nSPS) is 11.5. The van der Waals surface area contributed by atoms with Gasteiger partial charge in [-0.05, 0) is 42.7 Å². The van der Waals surface area contributed by atoms with Gasteiger partial charge in [-0.1, -0.05) is 26.0 Å². The van der Waals surface area contributed by atoms with Crippen molar-refractivity contribution in [3.63, 3.8) is 0 Å². The van der Waals surface area contributed by atoms with E-state index in [9.17, 15) is 13.2 Å². The maximum absolute atomic E-state index is 13.1. The quantitative estimate of drug-likeness (QED) is 0.582. The lowest BCUT2D eigenvalue weighted by atomic mass is 10.1. The number of hydrogen-bond donors (Lipinski definition) is 1. The molecule has 0 bridgehead atoms. The molecule has 0 fully saturated rings. The van der Waals surface area contributed by atoms with Crippen molar-refractivity contribution in [2.75, 3.05) is 25.6 Å². The van der Waals surface area contributed by atoms with Crippen molar-refractivity contribution in [1.29, 1.82) is 0 Å². The highest BCUT2D eigenvalue weighted by atomic mass is 32.2. The molecule has 0 aliphatic heterocycles. The number of carbonyl (C=O) groups is 1. The number of amides is 1. The van der Waals surface area contributed by atoms with Crippen LogP contribution in [0.5, 0.6) is 5.75 Å². The van der Waals surface area contributed by atoms with Crippen LogP contribution in [0.3, 0.4) is 0 Å². The topological polar surface area (TPSA) is 88.8 Å². The number of nitrogens with one attached hydrogen (secondary N) is 1. The van der Waals surface area contributed by atoms with Gasteiger partial charge in [0.2, 0.25) is 0 Å². The third-order valence-electron chi connectivity index (χ3n) is 4.64. The molecule has 0 spiro atoms. The predicted molar refractivity (Wildman–Crippen MR) is 117 cm³/mol. The van der Waals surface area contributed by atoms with Gasteiger partial charge in [0.05, 0.1) is 6.61 Å². The lowest BCUT2D eigenvalue weighted by molar-refractivity contribution is 0.0956. The summed E-state index contributed by atoms with van der Waals surface area (Å²) in [6, 6.07) is 12.1. The Morgan fingerprint density at radius 2 is 1.90 bits per heavy atom. The predicted octanol–water partition coefficient (Wildman–Crippen LogP) is 3.97. The number of carbonyl (C=O) groups excluding carboxylic acids is 1. The molecule has 0 aliphatic rings. The largest absolute Gasteiger partial charge is 0.492 e. The first kappa shape index (κ1) is 21.7. The van der Waals surface area contributed by atoms with E-state index >= 15 is 0 Å². The fourth-order valence-corrected chi connectivity index (χ4v) is 4.50. The number of hydrogen-bond acceptors (Lipinski definition) is 6. The molecule has 7 nitrogen and oxygen atoms in total. The van der Waals surface area contributed by atoms with Gasteiger partial charge in [-0.3, -0.25) is 4.79 Å². The first-order valence-corrected chi connectivity index (χ1v) is 11.3. The van der Waals surface area contributed by atoms with Crippen LogP contribution in [0.1, 0.15) is 36.4 Å². The number of anilines is 1. The van der Waals surface area contributed by atoms with Gasteiger partial charge >= 0.3 is 5.91 Å². The summed E-state index contributed by atoms with van der Waals surface area (Å²) in [5.41, 5.74) is 1.99. The zero-order chi connectivity index (χ0) is 21.9. The van der Waals surface area contributed by atoms with Crippen LogP contribution >= 0.6 is 0 Å². The highest BCUT2D eigenvalue weighted by molar-refractivity contribution is 7.90.